The zero-order valence-corrected chi connectivity index (χ0v) is 18.5. The summed E-state index contributed by atoms with van der Waals surface area (Å²) in [5.74, 6) is 1.66. The molecule has 0 aromatic heterocycles. The fourth-order valence-electron chi connectivity index (χ4n) is 4.55. The van der Waals surface area contributed by atoms with Crippen molar-refractivity contribution in [1.82, 2.24) is 0 Å². The molecule has 2 saturated carbocycles. The molecule has 0 heterocycles. The smallest absolute Gasteiger partial charge is 0.183 e. The summed E-state index contributed by atoms with van der Waals surface area (Å²) in [5.41, 5.74) is 0.299. The van der Waals surface area contributed by atoms with Gasteiger partial charge in [0.05, 0.1) is 0 Å². The van der Waals surface area contributed by atoms with Gasteiger partial charge in [0.2, 0.25) is 0 Å². The molecule has 0 amide bonds. The van der Waals surface area contributed by atoms with Gasteiger partial charge < -0.3 is 8.85 Å². The maximum Gasteiger partial charge on any atom is 0.183 e. The van der Waals surface area contributed by atoms with E-state index in [0.717, 1.165) is 25.0 Å². The SMILES string of the molecule is C[Si](C)(C)OCC(CO[Si](C)(C)C)(C1CCCC1)C1CCCC1. The van der Waals surface area contributed by atoms with Crippen LogP contribution in [-0.4, -0.2) is 29.8 Å². The molecule has 2 nitrogen and oxygen atoms in total. The normalized spacial score (nSPS) is 22.2. The van der Waals surface area contributed by atoms with Gasteiger partial charge in [-0.15, -0.1) is 0 Å². The highest BCUT2D eigenvalue weighted by atomic mass is 28.4. The van der Waals surface area contributed by atoms with E-state index in [9.17, 15) is 0 Å². The largest absolute Gasteiger partial charge is 0.417 e. The van der Waals surface area contributed by atoms with Crippen LogP contribution < -0.4 is 0 Å². The molecule has 0 bridgehead atoms. The molecule has 0 atom stereocenters. The maximum atomic E-state index is 6.56. The van der Waals surface area contributed by atoms with Gasteiger partial charge in [-0.25, -0.2) is 0 Å². The van der Waals surface area contributed by atoms with Gasteiger partial charge in [0.15, 0.2) is 16.6 Å². The average Bonchev–Trinajstić information content (AvgIpc) is 3.10. The predicted octanol–water partition coefficient (Wildman–Crippen LogP) is 6.06. The molecule has 0 radical (unpaired) electrons. The third-order valence-corrected chi connectivity index (χ3v) is 7.90. The van der Waals surface area contributed by atoms with Crippen LogP contribution in [0.15, 0.2) is 0 Å². The second-order valence-corrected chi connectivity index (χ2v) is 19.0. The standard InChI is InChI=1S/C19H40O2Si2/c1-22(2,3)20-15-19(16-21-23(4,5)6,17-11-7-8-12-17)18-13-9-10-14-18/h17-18H,7-16H2,1-6H3. The van der Waals surface area contributed by atoms with Crippen molar-refractivity contribution < 1.29 is 8.85 Å². The van der Waals surface area contributed by atoms with Gasteiger partial charge in [0.1, 0.15) is 0 Å². The zero-order chi connectivity index (χ0) is 17.1. The van der Waals surface area contributed by atoms with Crippen LogP contribution in [0.5, 0.6) is 0 Å². The molecule has 0 aliphatic heterocycles. The molecule has 136 valence electrons. The minimum absolute atomic E-state index is 0.299. The van der Waals surface area contributed by atoms with Crippen LogP contribution in [0.4, 0.5) is 0 Å². The maximum absolute atomic E-state index is 6.56. The van der Waals surface area contributed by atoms with Crippen LogP contribution in [0.2, 0.25) is 39.3 Å². The van der Waals surface area contributed by atoms with Crippen LogP contribution in [0, 0.1) is 17.3 Å². The molecule has 2 rings (SSSR count). The van der Waals surface area contributed by atoms with Crippen molar-refractivity contribution in [3.8, 4) is 0 Å². The first kappa shape index (κ1) is 19.7. The minimum Gasteiger partial charge on any atom is -0.417 e. The van der Waals surface area contributed by atoms with E-state index >= 15 is 0 Å². The highest BCUT2D eigenvalue weighted by Crippen LogP contribution is 2.51. The molecule has 0 spiro atoms. The molecular weight excluding hydrogens is 316 g/mol. The Bertz CT molecular complexity index is 323. The molecule has 2 aliphatic carbocycles. The molecule has 0 saturated heterocycles. The van der Waals surface area contributed by atoms with E-state index in [1.54, 1.807) is 0 Å². The van der Waals surface area contributed by atoms with E-state index in [4.69, 9.17) is 8.85 Å². The Morgan fingerprint density at radius 1 is 0.652 bits per heavy atom. The number of hydrogen-bond donors (Lipinski definition) is 0. The Morgan fingerprint density at radius 3 is 1.22 bits per heavy atom. The molecular formula is C19H40O2Si2. The van der Waals surface area contributed by atoms with Gasteiger partial charge in [0, 0.05) is 18.6 Å². The first-order valence-electron chi connectivity index (χ1n) is 9.90. The second kappa shape index (κ2) is 7.71. The Kier molecular flexibility index (Phi) is 6.60. The summed E-state index contributed by atoms with van der Waals surface area (Å²) in [6.07, 6.45) is 11.3. The van der Waals surface area contributed by atoms with E-state index in [1.807, 2.05) is 0 Å². The van der Waals surface area contributed by atoms with Crippen molar-refractivity contribution in [1.29, 1.82) is 0 Å². The molecule has 23 heavy (non-hydrogen) atoms. The van der Waals surface area contributed by atoms with E-state index in [-0.39, 0.29) is 0 Å². The lowest BCUT2D eigenvalue weighted by atomic mass is 9.66. The van der Waals surface area contributed by atoms with Crippen LogP contribution in [-0.2, 0) is 8.85 Å². The Morgan fingerprint density at radius 2 is 0.957 bits per heavy atom. The van der Waals surface area contributed by atoms with Crippen LogP contribution in [0.3, 0.4) is 0 Å². The van der Waals surface area contributed by atoms with Crippen LogP contribution in [0.1, 0.15) is 51.4 Å². The van der Waals surface area contributed by atoms with Crippen molar-refractivity contribution in [2.45, 2.75) is 90.6 Å². The molecule has 0 aromatic carbocycles. The van der Waals surface area contributed by atoms with Gasteiger partial charge in [0.25, 0.3) is 0 Å². The monoisotopic (exact) mass is 356 g/mol. The minimum atomic E-state index is -1.49. The van der Waals surface area contributed by atoms with E-state index < -0.39 is 16.6 Å². The fraction of sp³-hybridized carbons (Fsp3) is 1.00. The molecule has 0 aromatic rings. The third kappa shape index (κ3) is 5.69. The lowest BCUT2D eigenvalue weighted by molar-refractivity contribution is -0.0293. The third-order valence-electron chi connectivity index (χ3n) is 5.88. The van der Waals surface area contributed by atoms with Crippen molar-refractivity contribution in [2.24, 2.45) is 17.3 Å². The summed E-state index contributed by atoms with van der Waals surface area (Å²) >= 11 is 0. The molecule has 4 heteroatoms. The van der Waals surface area contributed by atoms with Crippen molar-refractivity contribution in [2.75, 3.05) is 13.2 Å². The van der Waals surface area contributed by atoms with Crippen LogP contribution in [0.25, 0.3) is 0 Å². The van der Waals surface area contributed by atoms with Crippen molar-refractivity contribution in [3.05, 3.63) is 0 Å². The summed E-state index contributed by atoms with van der Waals surface area (Å²) in [7, 11) is -2.98. The summed E-state index contributed by atoms with van der Waals surface area (Å²) in [4.78, 5) is 0. The summed E-state index contributed by atoms with van der Waals surface area (Å²) in [6, 6.07) is 0. The van der Waals surface area contributed by atoms with Crippen LogP contribution >= 0.6 is 0 Å². The molecule has 2 fully saturated rings. The van der Waals surface area contributed by atoms with Gasteiger partial charge in [-0.2, -0.15) is 0 Å². The van der Waals surface area contributed by atoms with Gasteiger partial charge >= 0.3 is 0 Å². The van der Waals surface area contributed by atoms with E-state index in [1.165, 1.54) is 51.4 Å². The van der Waals surface area contributed by atoms with E-state index in [2.05, 4.69) is 39.3 Å². The molecule has 2 aliphatic rings. The summed E-state index contributed by atoms with van der Waals surface area (Å²) < 4.78 is 13.1. The summed E-state index contributed by atoms with van der Waals surface area (Å²) in [5, 5.41) is 0. The predicted molar refractivity (Wildman–Crippen MR) is 105 cm³/mol. The van der Waals surface area contributed by atoms with Crippen molar-refractivity contribution in [3.63, 3.8) is 0 Å². The molecule has 0 unspecified atom stereocenters. The lowest BCUT2D eigenvalue weighted by Gasteiger charge is -2.46. The molecule has 0 N–H and O–H groups in total. The Labute approximate surface area is 147 Å². The Hall–Kier alpha value is 0.354. The highest BCUT2D eigenvalue weighted by Gasteiger charge is 2.48. The fourth-order valence-corrected chi connectivity index (χ4v) is 5.95. The summed E-state index contributed by atoms with van der Waals surface area (Å²) in [6.45, 7) is 15.9. The van der Waals surface area contributed by atoms with E-state index in [0.29, 0.717) is 5.41 Å². The topological polar surface area (TPSA) is 18.5 Å². The van der Waals surface area contributed by atoms with Gasteiger partial charge in [-0.05, 0) is 76.8 Å². The first-order chi connectivity index (χ1) is 10.6. The Balaban J connectivity index is 2.22. The van der Waals surface area contributed by atoms with Gasteiger partial charge in [-0.3, -0.25) is 0 Å². The lowest BCUT2D eigenvalue weighted by Crippen LogP contribution is -2.49. The zero-order valence-electron chi connectivity index (χ0n) is 16.5. The van der Waals surface area contributed by atoms with Gasteiger partial charge in [-0.1, -0.05) is 25.7 Å². The number of rotatable bonds is 8. The van der Waals surface area contributed by atoms with Crippen molar-refractivity contribution >= 4 is 16.6 Å². The number of hydrogen-bond acceptors (Lipinski definition) is 2. The average molecular weight is 357 g/mol. The quantitative estimate of drug-likeness (QED) is 0.492. The first-order valence-corrected chi connectivity index (χ1v) is 16.7. The highest BCUT2D eigenvalue weighted by molar-refractivity contribution is 6.70. The second-order valence-electron chi connectivity index (χ2n) is 10.00.